The number of benzene rings is 2. The summed E-state index contributed by atoms with van der Waals surface area (Å²) in [6.45, 7) is 0. The molecule has 0 aliphatic carbocycles. The molecule has 2 aromatic heterocycles. The zero-order valence-corrected chi connectivity index (χ0v) is 23.2. The van der Waals surface area contributed by atoms with Crippen molar-refractivity contribution in [1.82, 2.24) is 9.97 Å². The fourth-order valence-corrected chi connectivity index (χ4v) is 6.57. The van der Waals surface area contributed by atoms with Crippen LogP contribution in [-0.2, 0) is 9.59 Å². The predicted molar refractivity (Wildman–Crippen MR) is 149 cm³/mol. The average Bonchev–Trinajstić information content (AvgIpc) is 3.40. The van der Waals surface area contributed by atoms with E-state index in [0.717, 1.165) is 67.9 Å². The van der Waals surface area contributed by atoms with Gasteiger partial charge in [0.05, 0.1) is 20.4 Å². The molecule has 0 saturated heterocycles. The number of aromatic nitrogens is 2. The molecule has 34 heavy (non-hydrogen) atoms. The maximum Gasteiger partial charge on any atom is 0.226 e. The molecule has 2 aromatic carbocycles. The number of amides is 2. The van der Waals surface area contributed by atoms with Crippen LogP contribution in [0.3, 0.4) is 0 Å². The molecule has 2 N–H and O–H groups in total. The molecular formula is C24H24Br2N4O2S2. The minimum atomic E-state index is 0.00808. The Kier molecular flexibility index (Phi) is 9.04. The Morgan fingerprint density at radius 2 is 1.09 bits per heavy atom. The van der Waals surface area contributed by atoms with Gasteiger partial charge in [-0.2, -0.15) is 0 Å². The molecule has 0 saturated carbocycles. The van der Waals surface area contributed by atoms with Gasteiger partial charge in [0.15, 0.2) is 10.3 Å². The third kappa shape index (κ3) is 6.84. The van der Waals surface area contributed by atoms with Gasteiger partial charge in [-0.15, -0.1) is 0 Å². The lowest BCUT2D eigenvalue weighted by Crippen LogP contribution is -2.11. The lowest BCUT2D eigenvalue weighted by molar-refractivity contribution is -0.117. The largest absolute Gasteiger partial charge is 0.302 e. The molecule has 2 heterocycles. The molecule has 4 rings (SSSR count). The molecular weight excluding hydrogens is 600 g/mol. The summed E-state index contributed by atoms with van der Waals surface area (Å²) in [6.07, 6.45) is 6.85. The second-order valence-electron chi connectivity index (χ2n) is 7.93. The van der Waals surface area contributed by atoms with Gasteiger partial charge in [0, 0.05) is 21.8 Å². The van der Waals surface area contributed by atoms with Crippen molar-refractivity contribution in [3.63, 3.8) is 0 Å². The van der Waals surface area contributed by atoms with Crippen LogP contribution in [0.2, 0.25) is 0 Å². The number of thiazole rings is 2. The van der Waals surface area contributed by atoms with E-state index in [1.165, 1.54) is 22.7 Å². The van der Waals surface area contributed by atoms with Gasteiger partial charge in [-0.25, -0.2) is 9.97 Å². The van der Waals surface area contributed by atoms with E-state index in [4.69, 9.17) is 0 Å². The summed E-state index contributed by atoms with van der Waals surface area (Å²) in [7, 11) is 0. The van der Waals surface area contributed by atoms with Crippen LogP contribution >= 0.6 is 54.5 Å². The number of fused-ring (bicyclic) bond motifs is 2. The number of nitrogens with zero attached hydrogens (tertiary/aromatic N) is 2. The number of anilines is 2. The van der Waals surface area contributed by atoms with Gasteiger partial charge in [-0.3, -0.25) is 9.59 Å². The van der Waals surface area contributed by atoms with Crippen LogP contribution < -0.4 is 10.6 Å². The first-order chi connectivity index (χ1) is 16.5. The highest BCUT2D eigenvalue weighted by Crippen LogP contribution is 2.32. The molecule has 0 aliphatic rings. The molecule has 0 fully saturated rings. The van der Waals surface area contributed by atoms with E-state index in [1.807, 2.05) is 36.4 Å². The van der Waals surface area contributed by atoms with Crippen molar-refractivity contribution >= 4 is 97.0 Å². The molecule has 0 bridgehead atoms. The van der Waals surface area contributed by atoms with Crippen molar-refractivity contribution in [2.45, 2.75) is 51.4 Å². The van der Waals surface area contributed by atoms with E-state index in [-0.39, 0.29) is 11.8 Å². The Bertz CT molecular complexity index is 1200. The fourth-order valence-electron chi connectivity index (χ4n) is 3.58. The fraction of sp³-hybridized carbons (Fsp3) is 0.333. The van der Waals surface area contributed by atoms with Gasteiger partial charge < -0.3 is 10.6 Å². The summed E-state index contributed by atoms with van der Waals surface area (Å²) in [5.41, 5.74) is 1.76. The first kappa shape index (κ1) is 25.2. The Morgan fingerprint density at radius 1 is 0.676 bits per heavy atom. The highest BCUT2D eigenvalue weighted by atomic mass is 79.9. The number of carbonyl (C=O) groups is 2. The molecule has 0 radical (unpaired) electrons. The van der Waals surface area contributed by atoms with Gasteiger partial charge in [-0.05, 0) is 69.0 Å². The van der Waals surface area contributed by atoms with E-state index in [9.17, 15) is 9.59 Å². The molecule has 10 heteroatoms. The van der Waals surface area contributed by atoms with Crippen LogP contribution in [0.1, 0.15) is 51.4 Å². The lowest BCUT2D eigenvalue weighted by atomic mass is 10.1. The van der Waals surface area contributed by atoms with Crippen molar-refractivity contribution in [3.05, 3.63) is 45.3 Å². The highest BCUT2D eigenvalue weighted by molar-refractivity contribution is 9.11. The number of hydrogen-bond acceptors (Lipinski definition) is 6. The van der Waals surface area contributed by atoms with Crippen LogP contribution in [0, 0.1) is 0 Å². The number of hydrogen-bond donors (Lipinski definition) is 2. The second kappa shape index (κ2) is 12.2. The van der Waals surface area contributed by atoms with E-state index in [1.54, 1.807) is 0 Å². The Morgan fingerprint density at radius 3 is 1.50 bits per heavy atom. The third-order valence-corrected chi connectivity index (χ3v) is 8.44. The van der Waals surface area contributed by atoms with E-state index < -0.39 is 0 Å². The number of unbranched alkanes of at least 4 members (excludes halogenated alkanes) is 5. The molecule has 0 spiro atoms. The number of halogens is 2. The SMILES string of the molecule is O=C(CCCCCCCCC(=O)Nc1nc2c(Br)cccc2s1)Nc1nc2c(Br)cccc2s1. The van der Waals surface area contributed by atoms with Crippen LogP contribution in [0.15, 0.2) is 45.3 Å². The Balaban J connectivity index is 1.06. The summed E-state index contributed by atoms with van der Waals surface area (Å²) in [6, 6.07) is 11.8. The van der Waals surface area contributed by atoms with Gasteiger partial charge in [0.25, 0.3) is 0 Å². The normalized spacial score (nSPS) is 11.2. The first-order valence-electron chi connectivity index (χ1n) is 11.2. The van der Waals surface area contributed by atoms with Crippen molar-refractivity contribution in [3.8, 4) is 0 Å². The van der Waals surface area contributed by atoms with Crippen LogP contribution in [0.5, 0.6) is 0 Å². The summed E-state index contributed by atoms with van der Waals surface area (Å²) in [5, 5.41) is 7.10. The number of carbonyl (C=O) groups excluding carboxylic acids is 2. The molecule has 4 aromatic rings. The molecule has 178 valence electrons. The summed E-state index contributed by atoms with van der Waals surface area (Å²) >= 11 is 9.95. The smallest absolute Gasteiger partial charge is 0.226 e. The van der Waals surface area contributed by atoms with Gasteiger partial charge in [-0.1, -0.05) is 60.5 Å². The molecule has 6 nitrogen and oxygen atoms in total. The minimum absolute atomic E-state index is 0.00808. The third-order valence-electron chi connectivity index (χ3n) is 5.29. The second-order valence-corrected chi connectivity index (χ2v) is 11.7. The van der Waals surface area contributed by atoms with Crippen LogP contribution in [0.25, 0.3) is 20.4 Å². The predicted octanol–water partition coefficient (Wildman–Crippen LogP) is 8.13. The van der Waals surface area contributed by atoms with Gasteiger partial charge in [0.1, 0.15) is 0 Å². The number of para-hydroxylation sites is 2. The van der Waals surface area contributed by atoms with Crippen LogP contribution in [0.4, 0.5) is 10.3 Å². The average molecular weight is 624 g/mol. The summed E-state index contributed by atoms with van der Waals surface area (Å²) in [5.74, 6) is 0.0162. The Hall–Kier alpha value is -1.88. The summed E-state index contributed by atoms with van der Waals surface area (Å²) in [4.78, 5) is 33.4. The quantitative estimate of drug-likeness (QED) is 0.165. The molecule has 0 unspecified atom stereocenters. The van der Waals surface area contributed by atoms with E-state index >= 15 is 0 Å². The Labute approximate surface area is 222 Å². The maximum atomic E-state index is 12.2. The van der Waals surface area contributed by atoms with Crippen molar-refractivity contribution in [2.75, 3.05) is 10.6 Å². The zero-order chi connectivity index (χ0) is 23.9. The molecule has 0 aliphatic heterocycles. The van der Waals surface area contributed by atoms with E-state index in [0.29, 0.717) is 23.1 Å². The molecule has 2 amide bonds. The topological polar surface area (TPSA) is 84.0 Å². The highest BCUT2D eigenvalue weighted by Gasteiger charge is 2.11. The van der Waals surface area contributed by atoms with Crippen molar-refractivity contribution in [2.24, 2.45) is 0 Å². The van der Waals surface area contributed by atoms with Crippen LogP contribution in [-0.4, -0.2) is 21.8 Å². The van der Waals surface area contributed by atoms with Gasteiger partial charge in [0.2, 0.25) is 11.8 Å². The first-order valence-corrected chi connectivity index (χ1v) is 14.4. The van der Waals surface area contributed by atoms with E-state index in [2.05, 4.69) is 52.5 Å². The molecule has 0 atom stereocenters. The van der Waals surface area contributed by atoms with Gasteiger partial charge >= 0.3 is 0 Å². The maximum absolute atomic E-state index is 12.2. The number of rotatable bonds is 11. The van der Waals surface area contributed by atoms with Crippen molar-refractivity contribution in [1.29, 1.82) is 0 Å². The lowest BCUT2D eigenvalue weighted by Gasteiger charge is -2.03. The minimum Gasteiger partial charge on any atom is -0.302 e. The standard InChI is InChI=1S/C24H24Br2N4O2S2/c25-15-9-7-11-17-21(15)29-23(33-17)27-19(31)13-5-3-1-2-4-6-14-20(32)28-24-30-22-16(26)10-8-12-18(22)34-24/h7-12H,1-6,13-14H2,(H,27,29,31)(H,28,30,32). The number of nitrogens with one attached hydrogen (secondary N) is 2. The summed E-state index contributed by atoms with van der Waals surface area (Å²) < 4.78 is 3.96. The monoisotopic (exact) mass is 622 g/mol. The zero-order valence-electron chi connectivity index (χ0n) is 18.4. The van der Waals surface area contributed by atoms with Crippen molar-refractivity contribution < 1.29 is 9.59 Å².